The fourth-order valence-corrected chi connectivity index (χ4v) is 1.05. The van der Waals surface area contributed by atoms with Gasteiger partial charge in [-0.3, -0.25) is 9.78 Å². The Bertz CT molecular complexity index is 560. The topological polar surface area (TPSA) is 109 Å². The number of furan rings is 1. The molecule has 0 saturated heterocycles. The molecule has 6 nitrogen and oxygen atoms in total. The highest BCUT2D eigenvalue weighted by Crippen LogP contribution is 2.13. The third-order valence-electron chi connectivity index (χ3n) is 1.58. The summed E-state index contributed by atoms with van der Waals surface area (Å²) in [5.74, 6) is -0.0312. The van der Waals surface area contributed by atoms with Gasteiger partial charge in [0.15, 0.2) is 0 Å². The first-order chi connectivity index (χ1) is 6.22. The van der Waals surface area contributed by atoms with Gasteiger partial charge in [-0.05, 0) is 0 Å². The van der Waals surface area contributed by atoms with Crippen molar-refractivity contribution < 1.29 is 4.42 Å². The van der Waals surface area contributed by atoms with E-state index in [0.717, 1.165) is 0 Å². The Morgan fingerprint density at radius 1 is 1.69 bits per heavy atom. The molecule has 3 N–H and O–H groups in total. The van der Waals surface area contributed by atoms with E-state index in [0.29, 0.717) is 0 Å². The van der Waals surface area contributed by atoms with Gasteiger partial charge >= 0.3 is 0 Å². The molecule has 0 unspecified atom stereocenters. The molecule has 0 spiro atoms. The van der Waals surface area contributed by atoms with Crippen molar-refractivity contribution in [3.05, 3.63) is 22.2 Å². The van der Waals surface area contributed by atoms with Gasteiger partial charge in [0.25, 0.3) is 5.56 Å². The van der Waals surface area contributed by atoms with Gasteiger partial charge in [-0.1, -0.05) is 0 Å². The number of rotatable bonds is 0. The van der Waals surface area contributed by atoms with Gasteiger partial charge < -0.3 is 10.2 Å². The van der Waals surface area contributed by atoms with Crippen molar-refractivity contribution in [1.29, 1.82) is 5.26 Å². The largest absolute Gasteiger partial charge is 0.444 e. The van der Waals surface area contributed by atoms with Crippen LogP contribution in [0.1, 0.15) is 5.56 Å². The average Bonchev–Trinajstić information content (AvgIpc) is 2.47. The molecule has 0 saturated carbocycles. The minimum atomic E-state index is -0.465. The second-order valence-electron chi connectivity index (χ2n) is 2.39. The lowest BCUT2D eigenvalue weighted by Crippen LogP contribution is -2.10. The Morgan fingerprint density at radius 2 is 2.46 bits per heavy atom. The van der Waals surface area contributed by atoms with Gasteiger partial charge in [0, 0.05) is 0 Å². The highest BCUT2D eigenvalue weighted by Gasteiger charge is 2.10. The van der Waals surface area contributed by atoms with Crippen LogP contribution in [0.3, 0.4) is 0 Å². The second-order valence-corrected chi connectivity index (χ2v) is 2.39. The smallest absolute Gasteiger partial charge is 0.264 e. The van der Waals surface area contributed by atoms with Crippen LogP contribution < -0.4 is 11.3 Å². The lowest BCUT2D eigenvalue weighted by atomic mass is 10.3. The van der Waals surface area contributed by atoms with Gasteiger partial charge in [-0.2, -0.15) is 10.2 Å². The van der Waals surface area contributed by atoms with Gasteiger partial charge in [-0.25, -0.2) is 0 Å². The molecule has 0 aromatic carbocycles. The van der Waals surface area contributed by atoms with Crippen molar-refractivity contribution in [2.24, 2.45) is 0 Å². The number of nitrogens with zero attached hydrogens (tertiary/aromatic N) is 2. The zero-order valence-electron chi connectivity index (χ0n) is 6.37. The van der Waals surface area contributed by atoms with Crippen molar-refractivity contribution >= 4 is 17.0 Å². The number of nitriles is 1. The Morgan fingerprint density at radius 3 is 3.15 bits per heavy atom. The van der Waals surface area contributed by atoms with Crippen LogP contribution in [0, 0.1) is 11.3 Å². The number of hydrogen-bond donors (Lipinski definition) is 2. The molecule has 2 rings (SSSR count). The van der Waals surface area contributed by atoms with Crippen LogP contribution in [-0.4, -0.2) is 9.97 Å². The zero-order valence-corrected chi connectivity index (χ0v) is 6.37. The molecule has 2 aromatic heterocycles. The maximum atomic E-state index is 11.3. The Balaban J connectivity index is 3.01. The van der Waals surface area contributed by atoms with Gasteiger partial charge in [0.05, 0.1) is 0 Å². The van der Waals surface area contributed by atoms with Crippen LogP contribution in [0.2, 0.25) is 0 Å². The molecule has 13 heavy (non-hydrogen) atoms. The van der Waals surface area contributed by atoms with E-state index in [1.165, 1.54) is 6.26 Å². The monoisotopic (exact) mass is 176 g/mol. The van der Waals surface area contributed by atoms with Crippen LogP contribution in [0.5, 0.6) is 0 Å². The lowest BCUT2D eigenvalue weighted by molar-refractivity contribution is 0.602. The number of anilines is 1. The summed E-state index contributed by atoms with van der Waals surface area (Å²) in [4.78, 5) is 17.2. The number of fused-ring (bicyclic) bond motifs is 1. The first-order valence-electron chi connectivity index (χ1n) is 3.39. The molecule has 0 aliphatic heterocycles. The molecule has 0 aliphatic rings. The predicted octanol–water partition coefficient (Wildman–Crippen LogP) is -0.0300. The molecule has 6 heteroatoms. The van der Waals surface area contributed by atoms with Crippen LogP contribution in [0.25, 0.3) is 11.1 Å². The van der Waals surface area contributed by atoms with E-state index in [-0.39, 0.29) is 22.6 Å². The van der Waals surface area contributed by atoms with Gasteiger partial charge in [-0.15, -0.1) is 0 Å². The third-order valence-corrected chi connectivity index (χ3v) is 1.58. The van der Waals surface area contributed by atoms with Crippen LogP contribution in [0.4, 0.5) is 5.95 Å². The molecular weight excluding hydrogens is 172 g/mol. The van der Waals surface area contributed by atoms with E-state index in [4.69, 9.17) is 15.4 Å². The van der Waals surface area contributed by atoms with Crippen molar-refractivity contribution in [2.75, 3.05) is 5.73 Å². The molecule has 64 valence electrons. The summed E-state index contributed by atoms with van der Waals surface area (Å²) in [5, 5.41) is 8.73. The summed E-state index contributed by atoms with van der Waals surface area (Å²) < 4.78 is 4.87. The molecule has 0 atom stereocenters. The average molecular weight is 176 g/mol. The van der Waals surface area contributed by atoms with Crippen molar-refractivity contribution in [3.8, 4) is 6.07 Å². The number of H-pyrrole nitrogens is 1. The zero-order chi connectivity index (χ0) is 9.42. The van der Waals surface area contributed by atoms with Crippen molar-refractivity contribution in [3.63, 3.8) is 0 Å². The summed E-state index contributed by atoms with van der Waals surface area (Å²) in [6.45, 7) is 0. The Kier molecular flexibility index (Phi) is 1.33. The van der Waals surface area contributed by atoms with E-state index in [2.05, 4.69) is 9.97 Å². The maximum absolute atomic E-state index is 11.3. The lowest BCUT2D eigenvalue weighted by Gasteiger charge is -1.89. The number of nitrogens with two attached hydrogens (primary N) is 1. The summed E-state index contributed by atoms with van der Waals surface area (Å²) in [5.41, 5.74) is 5.04. The van der Waals surface area contributed by atoms with Crippen molar-refractivity contribution in [2.45, 2.75) is 0 Å². The molecule has 0 aliphatic carbocycles. The SMILES string of the molecule is N#Cc1coc2nc(N)[nH]c(=O)c12. The number of aromatic nitrogens is 2. The van der Waals surface area contributed by atoms with E-state index in [1.807, 2.05) is 6.07 Å². The summed E-state index contributed by atoms with van der Waals surface area (Å²) in [7, 11) is 0. The number of nitrogen functional groups attached to an aromatic ring is 1. The number of hydrogen-bond acceptors (Lipinski definition) is 5. The summed E-state index contributed by atoms with van der Waals surface area (Å²) >= 11 is 0. The maximum Gasteiger partial charge on any atom is 0.264 e. The second kappa shape index (κ2) is 2.35. The molecule has 0 radical (unpaired) electrons. The minimum Gasteiger partial charge on any atom is -0.444 e. The quantitative estimate of drug-likeness (QED) is 0.585. The first kappa shape index (κ1) is 7.36. The molecule has 0 bridgehead atoms. The minimum absolute atomic E-state index is 0.0312. The summed E-state index contributed by atoms with van der Waals surface area (Å²) in [6, 6.07) is 1.82. The third kappa shape index (κ3) is 0.945. The fourth-order valence-electron chi connectivity index (χ4n) is 1.05. The number of aromatic amines is 1. The number of nitrogens with one attached hydrogen (secondary N) is 1. The molecule has 0 amide bonds. The van der Waals surface area contributed by atoms with Gasteiger partial charge in [0.2, 0.25) is 11.7 Å². The fraction of sp³-hybridized carbons (Fsp3) is 0. The summed E-state index contributed by atoms with van der Waals surface area (Å²) in [6.07, 6.45) is 1.17. The normalized spacial score (nSPS) is 10.1. The molecule has 0 fully saturated rings. The Labute approximate surface area is 71.6 Å². The van der Waals surface area contributed by atoms with E-state index < -0.39 is 5.56 Å². The molecule has 2 heterocycles. The van der Waals surface area contributed by atoms with Gasteiger partial charge in [0.1, 0.15) is 23.3 Å². The first-order valence-corrected chi connectivity index (χ1v) is 3.39. The Hall–Kier alpha value is -2.29. The van der Waals surface area contributed by atoms with Crippen LogP contribution in [0.15, 0.2) is 15.5 Å². The van der Waals surface area contributed by atoms with Crippen LogP contribution in [-0.2, 0) is 0 Å². The van der Waals surface area contributed by atoms with E-state index >= 15 is 0 Å². The van der Waals surface area contributed by atoms with E-state index in [9.17, 15) is 4.79 Å². The van der Waals surface area contributed by atoms with Crippen molar-refractivity contribution in [1.82, 2.24) is 9.97 Å². The van der Waals surface area contributed by atoms with E-state index in [1.54, 1.807) is 0 Å². The predicted molar refractivity (Wildman–Crippen MR) is 43.8 cm³/mol. The van der Waals surface area contributed by atoms with Crippen LogP contribution >= 0.6 is 0 Å². The molecular formula is C7H4N4O2. The highest BCUT2D eigenvalue weighted by atomic mass is 16.3. The highest BCUT2D eigenvalue weighted by molar-refractivity contribution is 5.79. The standard InChI is InChI=1S/C7H4N4O2/c8-1-3-2-13-6-4(3)5(12)10-7(9)11-6/h2H,(H3,9,10,11,12). The molecule has 2 aromatic rings.